The van der Waals surface area contributed by atoms with Crippen molar-refractivity contribution in [3.8, 4) is 0 Å². The number of benzene rings is 1. The smallest absolute Gasteiger partial charge is 0.333 e. The maximum Gasteiger partial charge on any atom is 0.333 e. The van der Waals surface area contributed by atoms with Crippen LogP contribution in [0, 0.1) is 0 Å². The van der Waals surface area contributed by atoms with Crippen LogP contribution in [-0.2, 0) is 0 Å². The number of hydrogen-bond acceptors (Lipinski definition) is 2. The molecule has 0 aliphatic carbocycles. The number of hydrogen-bond donors (Lipinski definition) is 2. The van der Waals surface area contributed by atoms with Crippen LogP contribution in [0.4, 0.5) is 4.79 Å². The van der Waals surface area contributed by atoms with Gasteiger partial charge in [-0.2, -0.15) is 0 Å². The monoisotopic (exact) mass is 359 g/mol. The predicted molar refractivity (Wildman–Crippen MR) is 93.8 cm³/mol. The van der Waals surface area contributed by atoms with E-state index < -0.39 is 11.6 Å². The minimum absolute atomic E-state index is 0.311. The van der Waals surface area contributed by atoms with E-state index in [-0.39, 0.29) is 5.91 Å². The highest BCUT2D eigenvalue weighted by atomic mass is 35.5. The number of carbonyl (C=O) groups excluding carboxylic acids is 2. The lowest BCUT2D eigenvalue weighted by Crippen LogP contribution is -2.58. The molecule has 1 aromatic rings. The van der Waals surface area contributed by atoms with Crippen molar-refractivity contribution < 1.29 is 9.59 Å². The van der Waals surface area contributed by atoms with Gasteiger partial charge in [-0.05, 0) is 45.4 Å². The van der Waals surface area contributed by atoms with Crippen LogP contribution < -0.4 is 10.7 Å². The number of nitrogens with one attached hydrogen (secondary N) is 2. The molecule has 0 atom stereocenters. The molecule has 0 fully saturated rings. The zero-order valence-electron chi connectivity index (χ0n) is 13.9. The fraction of sp³-hybridized carbons (Fsp3) is 0.500. The van der Waals surface area contributed by atoms with Crippen LogP contribution in [0.25, 0.3) is 0 Å². The summed E-state index contributed by atoms with van der Waals surface area (Å²) in [7, 11) is 0. The average molecular weight is 360 g/mol. The van der Waals surface area contributed by atoms with Gasteiger partial charge in [0.25, 0.3) is 5.91 Å². The van der Waals surface area contributed by atoms with Crippen molar-refractivity contribution >= 4 is 35.1 Å². The van der Waals surface area contributed by atoms with Gasteiger partial charge >= 0.3 is 6.03 Å². The van der Waals surface area contributed by atoms with Gasteiger partial charge in [0, 0.05) is 22.2 Å². The van der Waals surface area contributed by atoms with E-state index in [9.17, 15) is 9.59 Å². The molecular formula is C16H23Cl2N3O2. The molecule has 0 saturated heterocycles. The molecule has 0 bridgehead atoms. The molecule has 0 aliphatic heterocycles. The standard InChI is InChI=1S/C16H23Cl2N3O2/c1-5-6-7-19-15(23)20-21(16(2,3)4)14(22)11-8-12(17)10-13(18)9-11/h8-10H,5-7H2,1-4H3,(H2,19,20,23). The normalized spacial score (nSPS) is 11.0. The molecule has 0 heterocycles. The van der Waals surface area contributed by atoms with Crippen LogP contribution in [0.3, 0.4) is 0 Å². The summed E-state index contributed by atoms with van der Waals surface area (Å²) in [6.07, 6.45) is 1.85. The molecule has 0 radical (unpaired) electrons. The number of halogens is 2. The maximum atomic E-state index is 12.7. The first-order valence-corrected chi connectivity index (χ1v) is 8.26. The third-order valence-electron chi connectivity index (χ3n) is 3.01. The predicted octanol–water partition coefficient (Wildman–Crippen LogP) is 4.25. The second-order valence-electron chi connectivity index (χ2n) is 6.19. The Hall–Kier alpha value is -1.46. The largest absolute Gasteiger partial charge is 0.337 e. The zero-order chi connectivity index (χ0) is 17.6. The number of hydrazine groups is 1. The summed E-state index contributed by atoms with van der Waals surface area (Å²) in [5.74, 6) is -0.382. The highest BCUT2D eigenvalue weighted by Gasteiger charge is 2.29. The summed E-state index contributed by atoms with van der Waals surface area (Å²) in [6, 6.07) is 4.16. The van der Waals surface area contributed by atoms with Gasteiger partial charge in [-0.1, -0.05) is 36.5 Å². The van der Waals surface area contributed by atoms with E-state index in [4.69, 9.17) is 23.2 Å². The van der Waals surface area contributed by atoms with Gasteiger partial charge < -0.3 is 5.32 Å². The molecule has 0 aliphatic rings. The lowest BCUT2D eigenvalue weighted by atomic mass is 10.1. The second-order valence-corrected chi connectivity index (χ2v) is 7.06. The minimum atomic E-state index is -0.617. The van der Waals surface area contributed by atoms with Crippen LogP contribution in [-0.4, -0.2) is 29.0 Å². The van der Waals surface area contributed by atoms with E-state index in [0.717, 1.165) is 12.8 Å². The van der Waals surface area contributed by atoms with Crippen molar-refractivity contribution in [1.29, 1.82) is 0 Å². The summed E-state index contributed by atoms with van der Waals surface area (Å²) in [4.78, 5) is 24.7. The van der Waals surface area contributed by atoms with Crippen molar-refractivity contribution in [3.05, 3.63) is 33.8 Å². The molecule has 0 unspecified atom stereocenters. The van der Waals surface area contributed by atoms with Gasteiger partial charge in [-0.3, -0.25) is 4.79 Å². The minimum Gasteiger partial charge on any atom is -0.337 e. The summed E-state index contributed by atoms with van der Waals surface area (Å²) in [5, 5.41) is 4.72. The topological polar surface area (TPSA) is 61.4 Å². The van der Waals surface area contributed by atoms with Crippen LogP contribution >= 0.6 is 23.2 Å². The van der Waals surface area contributed by atoms with Crippen molar-refractivity contribution in [1.82, 2.24) is 15.8 Å². The van der Waals surface area contributed by atoms with Crippen LogP contribution in [0.5, 0.6) is 0 Å². The lowest BCUT2D eigenvalue weighted by molar-refractivity contribution is 0.0450. The SMILES string of the molecule is CCCCNC(=O)NN(C(=O)c1cc(Cl)cc(Cl)c1)C(C)(C)C. The summed E-state index contributed by atoms with van der Waals surface area (Å²) in [5.41, 5.74) is 2.29. The Labute approximate surface area is 147 Å². The molecule has 1 aromatic carbocycles. The Morgan fingerprint density at radius 3 is 2.17 bits per heavy atom. The molecule has 128 valence electrons. The third kappa shape index (κ3) is 6.28. The average Bonchev–Trinajstić information content (AvgIpc) is 2.42. The highest BCUT2D eigenvalue weighted by Crippen LogP contribution is 2.22. The first-order chi connectivity index (χ1) is 10.6. The quantitative estimate of drug-likeness (QED) is 0.623. The number of nitrogens with zero attached hydrogens (tertiary/aromatic N) is 1. The Kier molecular flexibility index (Phi) is 7.16. The number of rotatable bonds is 4. The number of carbonyl (C=O) groups is 2. The molecule has 1 rings (SSSR count). The summed E-state index contributed by atoms with van der Waals surface area (Å²) >= 11 is 11.9. The van der Waals surface area contributed by atoms with E-state index >= 15 is 0 Å². The molecule has 5 nitrogen and oxygen atoms in total. The van der Waals surface area contributed by atoms with Crippen molar-refractivity contribution in [2.45, 2.75) is 46.1 Å². The lowest BCUT2D eigenvalue weighted by Gasteiger charge is -2.35. The van der Waals surface area contributed by atoms with Crippen LogP contribution in [0.1, 0.15) is 50.9 Å². The molecule has 23 heavy (non-hydrogen) atoms. The number of amides is 3. The fourth-order valence-corrected chi connectivity index (χ4v) is 2.38. The zero-order valence-corrected chi connectivity index (χ0v) is 15.4. The number of unbranched alkanes of at least 4 members (excludes halogenated alkanes) is 1. The first kappa shape index (κ1) is 19.6. The van der Waals surface area contributed by atoms with Crippen LogP contribution in [0.15, 0.2) is 18.2 Å². The van der Waals surface area contributed by atoms with Gasteiger partial charge in [-0.15, -0.1) is 0 Å². The Bertz CT molecular complexity index is 551. The molecule has 3 amide bonds. The molecule has 2 N–H and O–H groups in total. The summed E-state index contributed by atoms with van der Waals surface area (Å²) in [6.45, 7) is 8.06. The van der Waals surface area contributed by atoms with E-state index in [1.165, 1.54) is 17.1 Å². The van der Waals surface area contributed by atoms with E-state index in [0.29, 0.717) is 22.2 Å². The molecule has 7 heteroatoms. The first-order valence-electron chi connectivity index (χ1n) is 7.50. The van der Waals surface area contributed by atoms with Gasteiger partial charge in [-0.25, -0.2) is 15.2 Å². The van der Waals surface area contributed by atoms with Crippen molar-refractivity contribution in [3.63, 3.8) is 0 Å². The number of urea groups is 1. The van der Waals surface area contributed by atoms with E-state index in [1.807, 2.05) is 27.7 Å². The molecular weight excluding hydrogens is 337 g/mol. The Morgan fingerprint density at radius 2 is 1.70 bits per heavy atom. The van der Waals surface area contributed by atoms with Crippen molar-refractivity contribution in [2.75, 3.05) is 6.54 Å². The van der Waals surface area contributed by atoms with E-state index in [2.05, 4.69) is 10.7 Å². The van der Waals surface area contributed by atoms with E-state index in [1.54, 1.807) is 6.07 Å². The van der Waals surface area contributed by atoms with Gasteiger partial charge in [0.05, 0.1) is 5.54 Å². The Morgan fingerprint density at radius 1 is 1.13 bits per heavy atom. The molecule has 0 spiro atoms. The highest BCUT2D eigenvalue weighted by molar-refractivity contribution is 6.35. The molecule has 0 saturated carbocycles. The second kappa shape index (κ2) is 8.41. The fourth-order valence-electron chi connectivity index (χ4n) is 1.85. The Balaban J connectivity index is 2.93. The van der Waals surface area contributed by atoms with Gasteiger partial charge in [0.15, 0.2) is 0 Å². The molecule has 0 aromatic heterocycles. The maximum absolute atomic E-state index is 12.7. The third-order valence-corrected chi connectivity index (χ3v) is 3.45. The van der Waals surface area contributed by atoms with Gasteiger partial charge in [0.1, 0.15) is 0 Å². The van der Waals surface area contributed by atoms with Crippen molar-refractivity contribution in [2.24, 2.45) is 0 Å². The summed E-state index contributed by atoms with van der Waals surface area (Å²) < 4.78 is 0. The van der Waals surface area contributed by atoms with Gasteiger partial charge in [0.2, 0.25) is 0 Å². The van der Waals surface area contributed by atoms with Crippen LogP contribution in [0.2, 0.25) is 10.0 Å².